The number of nitrogens with zero attached hydrogens (tertiary/aromatic N) is 1. The number of urea groups is 1. The van der Waals surface area contributed by atoms with E-state index >= 15 is 0 Å². The van der Waals surface area contributed by atoms with Crippen molar-refractivity contribution >= 4 is 11.9 Å². The Kier molecular flexibility index (Phi) is 2.64. The molecule has 1 N–H and O–H groups in total. The molecule has 0 aliphatic carbocycles. The maximum absolute atomic E-state index is 11.8. The van der Waals surface area contributed by atoms with Gasteiger partial charge in [0.25, 0.3) is 5.91 Å². The molecule has 0 spiro atoms. The van der Waals surface area contributed by atoms with Crippen LogP contribution in [0.4, 0.5) is 4.79 Å². The normalized spacial score (nSPS) is 22.1. The Morgan fingerprint density at radius 2 is 1.88 bits per heavy atom. The minimum atomic E-state index is -0.418. The molecule has 4 heteroatoms. The van der Waals surface area contributed by atoms with Crippen LogP contribution in [0.1, 0.15) is 25.5 Å². The van der Waals surface area contributed by atoms with Gasteiger partial charge in [-0.25, -0.2) is 4.79 Å². The smallest absolute Gasteiger partial charge is 0.325 e. The third-order valence-electron chi connectivity index (χ3n) is 2.84. The second-order valence-electron chi connectivity index (χ2n) is 3.97. The lowest BCUT2D eigenvalue weighted by Gasteiger charge is -2.21. The van der Waals surface area contributed by atoms with Crippen LogP contribution in [-0.4, -0.2) is 22.9 Å². The van der Waals surface area contributed by atoms with Crippen molar-refractivity contribution in [2.24, 2.45) is 0 Å². The molecule has 1 aromatic rings. The van der Waals surface area contributed by atoms with Crippen molar-refractivity contribution in [2.75, 3.05) is 0 Å². The largest absolute Gasteiger partial charge is 0.326 e. The summed E-state index contributed by atoms with van der Waals surface area (Å²) in [5.74, 6) is -0.165. The van der Waals surface area contributed by atoms with E-state index in [1.165, 1.54) is 4.90 Å². The first-order valence-corrected chi connectivity index (χ1v) is 5.30. The molecular formula is C12H14N2O2. The summed E-state index contributed by atoms with van der Waals surface area (Å²) in [5.41, 5.74) is 0.958. The number of imide groups is 1. The second kappa shape index (κ2) is 3.96. The minimum absolute atomic E-state index is 0.165. The maximum atomic E-state index is 11.8. The Labute approximate surface area is 94.2 Å². The summed E-state index contributed by atoms with van der Waals surface area (Å²) in [6.45, 7) is 3.54. The number of hydrogen-bond donors (Lipinski definition) is 1. The van der Waals surface area contributed by atoms with Crippen molar-refractivity contribution in [1.82, 2.24) is 10.2 Å². The fourth-order valence-corrected chi connectivity index (χ4v) is 1.87. The summed E-state index contributed by atoms with van der Waals surface area (Å²) in [6, 6.07) is 8.57. The van der Waals surface area contributed by atoms with Crippen LogP contribution in [0, 0.1) is 0 Å². The van der Waals surface area contributed by atoms with Crippen molar-refractivity contribution in [1.29, 1.82) is 0 Å². The number of amides is 3. The maximum Gasteiger partial charge on any atom is 0.325 e. The van der Waals surface area contributed by atoms with Crippen LogP contribution in [0.15, 0.2) is 30.3 Å². The molecule has 16 heavy (non-hydrogen) atoms. The molecule has 0 aromatic heterocycles. The van der Waals surface area contributed by atoms with Gasteiger partial charge >= 0.3 is 6.03 Å². The average molecular weight is 218 g/mol. The van der Waals surface area contributed by atoms with Gasteiger partial charge in [0.2, 0.25) is 0 Å². The van der Waals surface area contributed by atoms with Crippen molar-refractivity contribution < 1.29 is 9.59 Å². The lowest BCUT2D eigenvalue weighted by molar-refractivity contribution is -0.128. The summed E-state index contributed by atoms with van der Waals surface area (Å²) < 4.78 is 0. The quantitative estimate of drug-likeness (QED) is 0.768. The van der Waals surface area contributed by atoms with Crippen molar-refractivity contribution in [3.8, 4) is 0 Å². The zero-order valence-corrected chi connectivity index (χ0v) is 9.31. The highest BCUT2D eigenvalue weighted by molar-refractivity contribution is 6.04. The van der Waals surface area contributed by atoms with Gasteiger partial charge < -0.3 is 5.32 Å². The molecule has 3 amide bonds. The molecule has 1 saturated heterocycles. The highest BCUT2D eigenvalue weighted by Gasteiger charge is 2.38. The van der Waals surface area contributed by atoms with E-state index in [0.717, 1.165) is 5.56 Å². The van der Waals surface area contributed by atoms with E-state index in [1.807, 2.05) is 37.3 Å². The van der Waals surface area contributed by atoms with Gasteiger partial charge in [-0.2, -0.15) is 0 Å². The van der Waals surface area contributed by atoms with Gasteiger partial charge in [-0.1, -0.05) is 30.3 Å². The van der Waals surface area contributed by atoms with E-state index in [1.54, 1.807) is 6.92 Å². The molecule has 0 radical (unpaired) electrons. The monoisotopic (exact) mass is 218 g/mol. The summed E-state index contributed by atoms with van der Waals surface area (Å²) in [7, 11) is 0. The molecule has 0 saturated carbocycles. The van der Waals surface area contributed by atoms with Gasteiger partial charge in [-0.05, 0) is 19.4 Å². The van der Waals surface area contributed by atoms with E-state index in [0.29, 0.717) is 0 Å². The third kappa shape index (κ3) is 1.66. The Morgan fingerprint density at radius 1 is 1.25 bits per heavy atom. The lowest BCUT2D eigenvalue weighted by atomic mass is 10.1. The number of carbonyl (C=O) groups is 2. The zero-order valence-electron chi connectivity index (χ0n) is 9.31. The summed E-state index contributed by atoms with van der Waals surface area (Å²) in [5, 5.41) is 2.60. The molecule has 1 fully saturated rings. The van der Waals surface area contributed by atoms with Gasteiger partial charge in [0.15, 0.2) is 0 Å². The summed E-state index contributed by atoms with van der Waals surface area (Å²) in [4.78, 5) is 24.7. The van der Waals surface area contributed by atoms with Crippen LogP contribution in [-0.2, 0) is 4.79 Å². The molecule has 0 bridgehead atoms. The Bertz CT molecular complexity index is 416. The molecule has 1 heterocycles. The molecule has 2 atom stereocenters. The van der Waals surface area contributed by atoms with Crippen LogP contribution in [0.25, 0.3) is 0 Å². The average Bonchev–Trinajstić information content (AvgIpc) is 2.54. The second-order valence-corrected chi connectivity index (χ2v) is 3.97. The molecule has 1 unspecified atom stereocenters. The van der Waals surface area contributed by atoms with Crippen LogP contribution in [0.5, 0.6) is 0 Å². The van der Waals surface area contributed by atoms with Crippen molar-refractivity contribution in [3.63, 3.8) is 0 Å². The first-order valence-electron chi connectivity index (χ1n) is 5.30. The predicted molar refractivity (Wildman–Crippen MR) is 59.7 cm³/mol. The van der Waals surface area contributed by atoms with Crippen LogP contribution in [0.3, 0.4) is 0 Å². The van der Waals surface area contributed by atoms with Gasteiger partial charge in [-0.15, -0.1) is 0 Å². The highest BCUT2D eigenvalue weighted by Crippen LogP contribution is 2.23. The van der Waals surface area contributed by atoms with Crippen LogP contribution >= 0.6 is 0 Å². The van der Waals surface area contributed by atoms with E-state index in [-0.39, 0.29) is 18.0 Å². The third-order valence-corrected chi connectivity index (χ3v) is 2.84. The van der Waals surface area contributed by atoms with E-state index in [2.05, 4.69) is 5.32 Å². The predicted octanol–water partition coefficient (Wildman–Crippen LogP) is 1.69. The molecule has 2 rings (SSSR count). The fraction of sp³-hybridized carbons (Fsp3) is 0.333. The number of hydrogen-bond acceptors (Lipinski definition) is 2. The molecule has 1 aromatic carbocycles. The van der Waals surface area contributed by atoms with Gasteiger partial charge in [-0.3, -0.25) is 9.69 Å². The fourth-order valence-electron chi connectivity index (χ4n) is 1.87. The lowest BCUT2D eigenvalue weighted by Crippen LogP contribution is -2.33. The van der Waals surface area contributed by atoms with E-state index < -0.39 is 6.04 Å². The van der Waals surface area contributed by atoms with Crippen LogP contribution < -0.4 is 5.32 Å². The first-order chi connectivity index (χ1) is 7.61. The topological polar surface area (TPSA) is 49.4 Å². The Balaban J connectivity index is 2.26. The molecule has 84 valence electrons. The van der Waals surface area contributed by atoms with Gasteiger partial charge in [0.05, 0.1) is 6.04 Å². The van der Waals surface area contributed by atoms with Gasteiger partial charge in [0.1, 0.15) is 6.04 Å². The highest BCUT2D eigenvalue weighted by atomic mass is 16.2. The molecule has 1 aliphatic heterocycles. The number of benzene rings is 1. The number of nitrogens with one attached hydrogen (secondary N) is 1. The summed E-state index contributed by atoms with van der Waals surface area (Å²) in [6.07, 6.45) is 0. The SMILES string of the molecule is CC1NC(=O)N([C@H](C)c2ccccc2)C1=O. The molecule has 1 aliphatic rings. The van der Waals surface area contributed by atoms with Gasteiger partial charge in [0, 0.05) is 0 Å². The first kappa shape index (κ1) is 10.7. The number of carbonyl (C=O) groups excluding carboxylic acids is 2. The van der Waals surface area contributed by atoms with Crippen molar-refractivity contribution in [2.45, 2.75) is 25.9 Å². The Hall–Kier alpha value is -1.84. The standard InChI is InChI=1S/C12H14N2O2/c1-8-11(15)14(12(16)13-8)9(2)10-6-4-3-5-7-10/h3-9H,1-2H3,(H,13,16)/t8?,9-/m1/s1. The van der Waals surface area contributed by atoms with E-state index in [9.17, 15) is 9.59 Å². The van der Waals surface area contributed by atoms with Crippen LogP contribution in [0.2, 0.25) is 0 Å². The van der Waals surface area contributed by atoms with Crippen molar-refractivity contribution in [3.05, 3.63) is 35.9 Å². The summed E-state index contributed by atoms with van der Waals surface area (Å²) >= 11 is 0. The minimum Gasteiger partial charge on any atom is -0.326 e. The Morgan fingerprint density at radius 3 is 2.38 bits per heavy atom. The zero-order chi connectivity index (χ0) is 11.7. The molecular weight excluding hydrogens is 204 g/mol. The van der Waals surface area contributed by atoms with E-state index in [4.69, 9.17) is 0 Å². The number of rotatable bonds is 2. The molecule has 4 nitrogen and oxygen atoms in total.